The highest BCUT2D eigenvalue weighted by Gasteiger charge is 2.33. The topological polar surface area (TPSA) is 48.5 Å². The van der Waals surface area contributed by atoms with Crippen molar-refractivity contribution in [1.82, 2.24) is 9.88 Å². The Morgan fingerprint density at radius 2 is 1.87 bits per heavy atom. The lowest BCUT2D eigenvalue weighted by molar-refractivity contribution is -0.122. The number of amidine groups is 1. The number of fused-ring (bicyclic) bond motifs is 1. The summed E-state index contributed by atoms with van der Waals surface area (Å²) in [5.41, 5.74) is 4.36. The highest BCUT2D eigenvalue weighted by Crippen LogP contribution is 2.35. The number of thiophene rings is 1. The minimum atomic E-state index is 0.0207. The van der Waals surface area contributed by atoms with Crippen LogP contribution >= 0.6 is 23.1 Å². The van der Waals surface area contributed by atoms with Gasteiger partial charge in [0.2, 0.25) is 0 Å². The smallest absolute Gasteiger partial charge is 0.266 e. The second-order valence-electron chi connectivity index (χ2n) is 7.37. The maximum Gasteiger partial charge on any atom is 0.266 e. The molecule has 0 spiro atoms. The van der Waals surface area contributed by atoms with Crippen molar-refractivity contribution < 1.29 is 4.79 Å². The lowest BCUT2D eigenvalue weighted by atomic mass is 10.1. The summed E-state index contributed by atoms with van der Waals surface area (Å²) in [6, 6.07) is 20.1. The van der Waals surface area contributed by atoms with E-state index < -0.39 is 0 Å². The number of thioether (sulfide) groups is 1. The normalized spacial score (nSPS) is 16.8. The Morgan fingerprint density at radius 1 is 1.06 bits per heavy atom. The predicted molar refractivity (Wildman–Crippen MR) is 132 cm³/mol. The Morgan fingerprint density at radius 3 is 2.68 bits per heavy atom. The molecule has 31 heavy (non-hydrogen) atoms. The summed E-state index contributed by atoms with van der Waals surface area (Å²) in [7, 11) is 0. The van der Waals surface area contributed by atoms with Gasteiger partial charge in [-0.05, 0) is 72.0 Å². The van der Waals surface area contributed by atoms with Crippen LogP contribution in [0.1, 0.15) is 16.0 Å². The number of nitrogens with zero attached hydrogens (tertiary/aromatic N) is 2. The molecule has 3 heterocycles. The summed E-state index contributed by atoms with van der Waals surface area (Å²) in [6.07, 6.45) is 4.80. The number of H-pyrrole nitrogens is 1. The average molecular weight is 444 g/mol. The summed E-state index contributed by atoms with van der Waals surface area (Å²) in [4.78, 5) is 25.1. The van der Waals surface area contributed by atoms with Gasteiger partial charge in [0.15, 0.2) is 5.17 Å². The monoisotopic (exact) mass is 443 g/mol. The minimum absolute atomic E-state index is 0.0207. The first kappa shape index (κ1) is 19.8. The van der Waals surface area contributed by atoms with E-state index in [1.54, 1.807) is 11.3 Å². The molecule has 1 aliphatic rings. The van der Waals surface area contributed by atoms with Crippen LogP contribution in [0.25, 0.3) is 17.0 Å². The number of carbonyl (C=O) groups is 1. The number of hydrogen-bond acceptors (Lipinski definition) is 4. The summed E-state index contributed by atoms with van der Waals surface area (Å²) >= 11 is 3.11. The maximum absolute atomic E-state index is 13.3. The van der Waals surface area contributed by atoms with E-state index >= 15 is 0 Å². The predicted octanol–water partition coefficient (Wildman–Crippen LogP) is 6.38. The fourth-order valence-electron chi connectivity index (χ4n) is 3.62. The van der Waals surface area contributed by atoms with Crippen LogP contribution in [0, 0.1) is 6.92 Å². The first-order chi connectivity index (χ1) is 15.2. The molecule has 2 aromatic heterocycles. The van der Waals surface area contributed by atoms with Crippen LogP contribution in [0.4, 0.5) is 5.69 Å². The van der Waals surface area contributed by atoms with E-state index in [2.05, 4.69) is 35.5 Å². The van der Waals surface area contributed by atoms with E-state index in [9.17, 15) is 4.79 Å². The van der Waals surface area contributed by atoms with Gasteiger partial charge < -0.3 is 4.98 Å². The number of para-hydroxylation sites is 2. The van der Waals surface area contributed by atoms with Gasteiger partial charge in [0.1, 0.15) is 0 Å². The number of aliphatic imine (C=N–C) groups is 1. The van der Waals surface area contributed by atoms with Crippen molar-refractivity contribution >= 4 is 56.8 Å². The molecule has 5 rings (SSSR count). The second kappa shape index (κ2) is 8.57. The number of rotatable bonds is 5. The van der Waals surface area contributed by atoms with Gasteiger partial charge in [-0.2, -0.15) is 0 Å². The van der Waals surface area contributed by atoms with E-state index in [0.717, 1.165) is 32.6 Å². The van der Waals surface area contributed by atoms with Crippen molar-refractivity contribution in [1.29, 1.82) is 0 Å². The van der Waals surface area contributed by atoms with E-state index in [1.807, 2.05) is 59.6 Å². The summed E-state index contributed by atoms with van der Waals surface area (Å²) in [5.74, 6) is 0.0207. The number of benzene rings is 2. The summed E-state index contributed by atoms with van der Waals surface area (Å²) in [6.45, 7) is 2.65. The van der Waals surface area contributed by atoms with Crippen LogP contribution in [0.3, 0.4) is 0 Å². The van der Waals surface area contributed by atoms with Crippen LogP contribution < -0.4 is 0 Å². The molecule has 0 aliphatic carbocycles. The molecular formula is C25H21N3OS2. The van der Waals surface area contributed by atoms with E-state index in [-0.39, 0.29) is 5.91 Å². The number of amides is 1. The molecule has 0 radical (unpaired) electrons. The lowest BCUT2D eigenvalue weighted by Crippen LogP contribution is -2.31. The van der Waals surface area contributed by atoms with Gasteiger partial charge in [-0.1, -0.05) is 36.4 Å². The van der Waals surface area contributed by atoms with Crippen LogP contribution in [0.2, 0.25) is 0 Å². The summed E-state index contributed by atoms with van der Waals surface area (Å²) < 4.78 is 0. The second-order valence-corrected chi connectivity index (χ2v) is 9.33. The van der Waals surface area contributed by atoms with Crippen molar-refractivity contribution in [3.63, 3.8) is 0 Å². The van der Waals surface area contributed by atoms with Gasteiger partial charge in [0.25, 0.3) is 5.91 Å². The average Bonchev–Trinajstić information content (AvgIpc) is 3.47. The van der Waals surface area contributed by atoms with Gasteiger partial charge in [0.05, 0.1) is 10.6 Å². The zero-order valence-corrected chi connectivity index (χ0v) is 18.7. The van der Waals surface area contributed by atoms with E-state index in [1.165, 1.54) is 28.3 Å². The molecule has 0 atom stereocenters. The molecular weight excluding hydrogens is 422 g/mol. The number of aryl methyl sites for hydroxylation is 1. The van der Waals surface area contributed by atoms with Gasteiger partial charge >= 0.3 is 0 Å². The first-order valence-corrected chi connectivity index (χ1v) is 11.8. The zero-order chi connectivity index (χ0) is 21.2. The van der Waals surface area contributed by atoms with Crippen molar-refractivity contribution in [2.24, 2.45) is 4.99 Å². The number of hydrogen-bond donors (Lipinski definition) is 1. The Labute approximate surface area is 189 Å². The standard InChI is InChI=1S/C25H21N3OS2/c1-17-12-14-30-22(17)15-23-24(29)28(25(31-23)27-19-7-3-2-4-8-19)13-11-18-16-26-21-10-6-5-9-20(18)21/h2-10,12,14-16,26H,11,13H2,1H3/b23-15+,27-25?. The minimum Gasteiger partial charge on any atom is -0.361 e. The van der Waals surface area contributed by atoms with Crippen molar-refractivity contribution in [2.75, 3.05) is 6.54 Å². The van der Waals surface area contributed by atoms with Gasteiger partial charge in [-0.15, -0.1) is 11.3 Å². The molecule has 1 saturated heterocycles. The molecule has 0 saturated carbocycles. The van der Waals surface area contributed by atoms with Crippen molar-refractivity contribution in [3.8, 4) is 0 Å². The number of aromatic nitrogens is 1. The Kier molecular flexibility index (Phi) is 5.49. The van der Waals surface area contributed by atoms with E-state index in [4.69, 9.17) is 4.99 Å². The van der Waals surface area contributed by atoms with Crippen LogP contribution in [-0.4, -0.2) is 27.5 Å². The van der Waals surface area contributed by atoms with Crippen molar-refractivity contribution in [3.05, 3.63) is 93.1 Å². The largest absolute Gasteiger partial charge is 0.361 e. The molecule has 4 nitrogen and oxygen atoms in total. The maximum atomic E-state index is 13.3. The lowest BCUT2D eigenvalue weighted by Gasteiger charge is -2.15. The first-order valence-electron chi connectivity index (χ1n) is 10.1. The van der Waals surface area contributed by atoms with Crippen LogP contribution in [0.5, 0.6) is 0 Å². The molecule has 0 bridgehead atoms. The number of aromatic amines is 1. The zero-order valence-electron chi connectivity index (χ0n) is 17.0. The van der Waals surface area contributed by atoms with Gasteiger partial charge in [-0.3, -0.25) is 9.69 Å². The molecule has 2 aromatic carbocycles. The molecule has 1 fully saturated rings. The number of carbonyl (C=O) groups excluding carboxylic acids is 1. The molecule has 1 aliphatic heterocycles. The summed E-state index contributed by atoms with van der Waals surface area (Å²) in [5, 5.41) is 3.99. The van der Waals surface area contributed by atoms with Crippen LogP contribution in [0.15, 0.2) is 82.1 Å². The number of nitrogens with one attached hydrogen (secondary N) is 1. The molecule has 1 amide bonds. The van der Waals surface area contributed by atoms with E-state index in [0.29, 0.717) is 6.54 Å². The van der Waals surface area contributed by atoms with Gasteiger partial charge in [-0.25, -0.2) is 4.99 Å². The third kappa shape index (κ3) is 4.09. The molecule has 4 aromatic rings. The molecule has 0 unspecified atom stereocenters. The highest BCUT2D eigenvalue weighted by molar-refractivity contribution is 8.18. The Hall–Kier alpha value is -3.09. The Bertz CT molecular complexity index is 1300. The fourth-order valence-corrected chi connectivity index (χ4v) is 5.56. The van der Waals surface area contributed by atoms with Gasteiger partial charge in [0, 0.05) is 28.5 Å². The fraction of sp³-hybridized carbons (Fsp3) is 0.120. The third-order valence-corrected chi connectivity index (χ3v) is 7.29. The SMILES string of the molecule is Cc1ccsc1/C=C1/SC(=Nc2ccccc2)N(CCc2c[nH]c3ccccc23)C1=O. The Balaban J connectivity index is 1.46. The third-order valence-electron chi connectivity index (χ3n) is 5.31. The molecule has 1 N–H and O–H groups in total. The molecule has 154 valence electrons. The van der Waals surface area contributed by atoms with Crippen molar-refractivity contribution in [2.45, 2.75) is 13.3 Å². The van der Waals surface area contributed by atoms with Crippen LogP contribution in [-0.2, 0) is 11.2 Å². The molecule has 6 heteroatoms. The highest BCUT2D eigenvalue weighted by atomic mass is 32.2. The quantitative estimate of drug-likeness (QED) is 0.364.